The minimum absolute atomic E-state index is 0.292. The fraction of sp³-hybridized carbons (Fsp3) is 0.182. The van der Waals surface area contributed by atoms with E-state index < -0.39 is 18.5 Å². The van der Waals surface area contributed by atoms with Crippen molar-refractivity contribution in [3.05, 3.63) is 59.1 Å². The first-order valence-corrected chi connectivity index (χ1v) is 10.0. The van der Waals surface area contributed by atoms with Crippen molar-refractivity contribution in [1.82, 2.24) is 0 Å². The third-order valence-electron chi connectivity index (χ3n) is 4.35. The van der Waals surface area contributed by atoms with Gasteiger partial charge in [-0.3, -0.25) is 4.79 Å². The molecule has 7 nitrogen and oxygen atoms in total. The zero-order valence-corrected chi connectivity index (χ0v) is 17.4. The lowest BCUT2D eigenvalue weighted by molar-refractivity contribution is -0.149. The molecule has 0 saturated carbocycles. The Morgan fingerprint density at radius 3 is 2.47 bits per heavy atom. The molecular formula is C22H18BrNO6. The average Bonchev–Trinajstić information content (AvgIpc) is 2.76. The van der Waals surface area contributed by atoms with Crippen LogP contribution in [0.2, 0.25) is 0 Å². The molecule has 154 valence electrons. The summed E-state index contributed by atoms with van der Waals surface area (Å²) in [6.45, 7) is 0.194. The Hall–Kier alpha value is -3.26. The van der Waals surface area contributed by atoms with Gasteiger partial charge >= 0.3 is 5.97 Å². The molecule has 0 aliphatic carbocycles. The second-order valence-electron chi connectivity index (χ2n) is 6.48. The molecule has 3 aromatic rings. The van der Waals surface area contributed by atoms with Crippen molar-refractivity contribution in [3.8, 4) is 17.2 Å². The van der Waals surface area contributed by atoms with Crippen molar-refractivity contribution >= 4 is 44.3 Å². The maximum atomic E-state index is 12.1. The standard InChI is InChI=1S/C22H18BrNO6/c23-17-10-19-20(28-8-7-27-19)11-18(17)24-21(25)12-30-22(26)13-29-16-6-5-14-3-1-2-4-15(14)9-16/h1-6,9-11H,7-8,12-13H2,(H,24,25). The van der Waals surface area contributed by atoms with E-state index in [9.17, 15) is 9.59 Å². The maximum Gasteiger partial charge on any atom is 0.344 e. The predicted molar refractivity (Wildman–Crippen MR) is 114 cm³/mol. The number of carbonyl (C=O) groups is 2. The lowest BCUT2D eigenvalue weighted by Crippen LogP contribution is -2.24. The van der Waals surface area contributed by atoms with Crippen LogP contribution in [0.25, 0.3) is 10.8 Å². The molecule has 8 heteroatoms. The Bertz CT molecular complexity index is 1100. The Balaban J connectivity index is 1.27. The van der Waals surface area contributed by atoms with E-state index in [1.54, 1.807) is 18.2 Å². The molecule has 1 aliphatic rings. The van der Waals surface area contributed by atoms with Crippen LogP contribution in [-0.2, 0) is 14.3 Å². The summed E-state index contributed by atoms with van der Waals surface area (Å²) >= 11 is 3.37. The highest BCUT2D eigenvalue weighted by Crippen LogP contribution is 2.38. The summed E-state index contributed by atoms with van der Waals surface area (Å²) in [6.07, 6.45) is 0. The lowest BCUT2D eigenvalue weighted by Gasteiger charge is -2.20. The van der Waals surface area contributed by atoms with Crippen molar-refractivity contribution < 1.29 is 28.5 Å². The van der Waals surface area contributed by atoms with E-state index in [0.717, 1.165) is 10.8 Å². The van der Waals surface area contributed by atoms with Gasteiger partial charge in [-0.25, -0.2) is 4.79 Å². The molecule has 0 fully saturated rings. The smallest absolute Gasteiger partial charge is 0.344 e. The number of anilines is 1. The minimum atomic E-state index is -0.639. The van der Waals surface area contributed by atoms with Crippen molar-refractivity contribution in [2.45, 2.75) is 0 Å². The molecule has 1 aliphatic heterocycles. The number of nitrogens with one attached hydrogen (secondary N) is 1. The van der Waals surface area contributed by atoms with E-state index in [-0.39, 0.29) is 6.61 Å². The van der Waals surface area contributed by atoms with Crippen LogP contribution in [0.1, 0.15) is 0 Å². The predicted octanol–water partition coefficient (Wildman–Crippen LogP) is 3.93. The van der Waals surface area contributed by atoms with E-state index >= 15 is 0 Å². The molecule has 0 atom stereocenters. The van der Waals surface area contributed by atoms with Gasteiger partial charge in [0, 0.05) is 16.6 Å². The summed E-state index contributed by atoms with van der Waals surface area (Å²) in [5, 5.41) is 4.76. The number of esters is 1. The normalized spacial score (nSPS) is 12.3. The summed E-state index contributed by atoms with van der Waals surface area (Å²) in [5.41, 5.74) is 0.493. The molecule has 0 spiro atoms. The average molecular weight is 472 g/mol. The Kier molecular flexibility index (Phi) is 6.04. The fourth-order valence-electron chi connectivity index (χ4n) is 2.93. The minimum Gasteiger partial charge on any atom is -0.486 e. The monoisotopic (exact) mass is 471 g/mol. The highest BCUT2D eigenvalue weighted by Gasteiger charge is 2.17. The van der Waals surface area contributed by atoms with E-state index in [4.69, 9.17) is 18.9 Å². The number of ether oxygens (including phenoxy) is 4. The van der Waals surface area contributed by atoms with Gasteiger partial charge in [0.25, 0.3) is 5.91 Å². The number of amides is 1. The van der Waals surface area contributed by atoms with Crippen LogP contribution in [0.4, 0.5) is 5.69 Å². The molecule has 1 heterocycles. The summed E-state index contributed by atoms with van der Waals surface area (Å²) in [5.74, 6) is 0.574. The third-order valence-corrected chi connectivity index (χ3v) is 5.00. The van der Waals surface area contributed by atoms with E-state index in [1.807, 2.05) is 36.4 Å². The number of carbonyl (C=O) groups excluding carboxylic acids is 2. The van der Waals surface area contributed by atoms with Gasteiger partial charge in [-0.15, -0.1) is 0 Å². The Morgan fingerprint density at radius 2 is 1.67 bits per heavy atom. The van der Waals surface area contributed by atoms with Gasteiger partial charge in [0.1, 0.15) is 19.0 Å². The molecule has 0 radical (unpaired) electrons. The summed E-state index contributed by atoms with van der Waals surface area (Å²) in [7, 11) is 0. The first-order chi connectivity index (χ1) is 14.6. The topological polar surface area (TPSA) is 83.1 Å². The molecule has 0 bridgehead atoms. The SMILES string of the molecule is O=C(COC(=O)COc1ccc2ccccc2c1)Nc1cc2c(cc1Br)OCCO2. The first kappa shape index (κ1) is 20.0. The molecule has 0 saturated heterocycles. The van der Waals surface area contributed by atoms with Crippen molar-refractivity contribution in [2.75, 3.05) is 31.7 Å². The molecule has 1 N–H and O–H groups in total. The van der Waals surface area contributed by atoms with Crippen LogP contribution < -0.4 is 19.5 Å². The molecule has 1 amide bonds. The molecule has 30 heavy (non-hydrogen) atoms. The van der Waals surface area contributed by atoms with E-state index in [0.29, 0.717) is 40.6 Å². The van der Waals surface area contributed by atoms with Crippen LogP contribution in [0, 0.1) is 0 Å². The Labute approximate surface area is 181 Å². The van der Waals surface area contributed by atoms with Crippen molar-refractivity contribution in [3.63, 3.8) is 0 Å². The highest BCUT2D eigenvalue weighted by molar-refractivity contribution is 9.10. The summed E-state index contributed by atoms with van der Waals surface area (Å²) in [4.78, 5) is 24.1. The van der Waals surface area contributed by atoms with Gasteiger partial charge in [-0.2, -0.15) is 0 Å². The van der Waals surface area contributed by atoms with Gasteiger partial charge in [-0.1, -0.05) is 30.3 Å². The number of halogens is 1. The second-order valence-corrected chi connectivity index (χ2v) is 7.34. The Morgan fingerprint density at radius 1 is 0.933 bits per heavy atom. The van der Waals surface area contributed by atoms with Crippen molar-refractivity contribution in [1.29, 1.82) is 0 Å². The second kappa shape index (κ2) is 9.04. The zero-order chi connectivity index (χ0) is 20.9. The quantitative estimate of drug-likeness (QED) is 0.548. The molecule has 3 aromatic carbocycles. The van der Waals surface area contributed by atoms with Gasteiger partial charge in [0.2, 0.25) is 0 Å². The van der Waals surface area contributed by atoms with Gasteiger partial charge in [-0.05, 0) is 38.8 Å². The fourth-order valence-corrected chi connectivity index (χ4v) is 3.35. The third kappa shape index (κ3) is 4.83. The number of benzene rings is 3. The van der Waals surface area contributed by atoms with Crippen LogP contribution in [-0.4, -0.2) is 38.3 Å². The van der Waals surface area contributed by atoms with E-state index in [1.165, 1.54) is 0 Å². The molecule has 4 rings (SSSR count). The number of rotatable bonds is 6. The number of hydrogen-bond donors (Lipinski definition) is 1. The largest absolute Gasteiger partial charge is 0.486 e. The van der Waals surface area contributed by atoms with Crippen LogP contribution in [0.15, 0.2) is 59.1 Å². The van der Waals surface area contributed by atoms with E-state index in [2.05, 4.69) is 21.2 Å². The lowest BCUT2D eigenvalue weighted by atomic mass is 10.1. The van der Waals surface area contributed by atoms with Crippen LogP contribution >= 0.6 is 15.9 Å². The summed E-state index contributed by atoms with van der Waals surface area (Å²) in [6, 6.07) is 16.7. The van der Waals surface area contributed by atoms with Crippen LogP contribution in [0.5, 0.6) is 17.2 Å². The van der Waals surface area contributed by atoms with Gasteiger partial charge in [0.15, 0.2) is 24.7 Å². The first-order valence-electron chi connectivity index (χ1n) is 9.25. The maximum absolute atomic E-state index is 12.1. The molecule has 0 aromatic heterocycles. The summed E-state index contributed by atoms with van der Waals surface area (Å²) < 4.78 is 22.1. The van der Waals surface area contributed by atoms with Gasteiger partial charge in [0.05, 0.1) is 5.69 Å². The van der Waals surface area contributed by atoms with Crippen molar-refractivity contribution in [2.24, 2.45) is 0 Å². The molecular weight excluding hydrogens is 454 g/mol. The molecule has 0 unspecified atom stereocenters. The number of fused-ring (bicyclic) bond motifs is 2. The van der Waals surface area contributed by atoms with Crippen LogP contribution in [0.3, 0.4) is 0 Å². The highest BCUT2D eigenvalue weighted by atomic mass is 79.9. The zero-order valence-electron chi connectivity index (χ0n) is 15.9. The number of hydrogen-bond acceptors (Lipinski definition) is 6. The van der Waals surface area contributed by atoms with Gasteiger partial charge < -0.3 is 24.3 Å².